The van der Waals surface area contributed by atoms with Gasteiger partial charge in [0, 0.05) is 34.3 Å². The molecule has 128 valence electrons. The Morgan fingerprint density at radius 3 is 2.46 bits per heavy atom. The van der Waals surface area contributed by atoms with Crippen molar-refractivity contribution in [2.24, 2.45) is 0 Å². The minimum absolute atomic E-state index is 0.0934. The molecule has 2 aromatic carbocycles. The fourth-order valence-corrected chi connectivity index (χ4v) is 2.46. The van der Waals surface area contributed by atoms with Crippen LogP contribution >= 0.6 is 23.2 Å². The van der Waals surface area contributed by atoms with E-state index in [9.17, 15) is 4.79 Å². The van der Waals surface area contributed by atoms with E-state index in [1.54, 1.807) is 36.4 Å². The van der Waals surface area contributed by atoms with Gasteiger partial charge in [0.15, 0.2) is 0 Å². The average molecular weight is 367 g/mol. The molecule has 0 unspecified atom stereocenters. The number of carbonyl (C=O) groups excluding carboxylic acids is 1. The van der Waals surface area contributed by atoms with Crippen molar-refractivity contribution in [3.05, 3.63) is 63.6 Å². The van der Waals surface area contributed by atoms with Gasteiger partial charge in [-0.25, -0.2) is 0 Å². The molecule has 2 rings (SSSR count). The van der Waals surface area contributed by atoms with Crippen LogP contribution in [0.3, 0.4) is 0 Å². The summed E-state index contributed by atoms with van der Waals surface area (Å²) in [5.41, 5.74) is 1.46. The number of nitrogens with zero attached hydrogens (tertiary/aromatic N) is 1. The van der Waals surface area contributed by atoms with E-state index in [1.807, 2.05) is 25.1 Å². The molecule has 0 aliphatic heterocycles. The Morgan fingerprint density at radius 2 is 1.83 bits per heavy atom. The molecule has 24 heavy (non-hydrogen) atoms. The van der Waals surface area contributed by atoms with Crippen LogP contribution < -0.4 is 10.1 Å². The number of ether oxygens (including phenoxy) is 1. The maximum atomic E-state index is 12.0. The summed E-state index contributed by atoms with van der Waals surface area (Å²) in [6, 6.07) is 12.3. The molecule has 2 aromatic rings. The third-order valence-corrected chi connectivity index (χ3v) is 3.96. The molecule has 0 saturated heterocycles. The molecule has 0 spiro atoms. The van der Waals surface area contributed by atoms with Crippen molar-refractivity contribution in [2.45, 2.75) is 6.61 Å². The number of likely N-dealkylation sites (N-methyl/N-ethyl adjacent to an activating group) is 1. The first-order chi connectivity index (χ1) is 11.5. The molecule has 0 aromatic heterocycles. The first-order valence-electron chi connectivity index (χ1n) is 7.55. The maximum absolute atomic E-state index is 12.0. The Kier molecular flexibility index (Phi) is 6.91. The lowest BCUT2D eigenvalue weighted by Crippen LogP contribution is -2.31. The number of nitrogens with one attached hydrogen (secondary N) is 1. The van der Waals surface area contributed by atoms with Crippen LogP contribution in [0, 0.1) is 0 Å². The van der Waals surface area contributed by atoms with Crippen molar-refractivity contribution in [1.29, 1.82) is 0 Å². The Bertz CT molecular complexity index is 688. The summed E-state index contributed by atoms with van der Waals surface area (Å²) in [5, 5.41) is 4.03. The van der Waals surface area contributed by atoms with Gasteiger partial charge < -0.3 is 15.0 Å². The average Bonchev–Trinajstić information content (AvgIpc) is 2.54. The number of carbonyl (C=O) groups is 1. The van der Waals surface area contributed by atoms with Crippen molar-refractivity contribution in [3.8, 4) is 5.75 Å². The summed E-state index contributed by atoms with van der Waals surface area (Å²) in [6.45, 7) is 1.75. The second kappa shape index (κ2) is 8.92. The molecule has 0 fully saturated rings. The van der Waals surface area contributed by atoms with E-state index in [0.29, 0.717) is 34.5 Å². The highest BCUT2D eigenvalue weighted by molar-refractivity contribution is 6.35. The van der Waals surface area contributed by atoms with Gasteiger partial charge in [0.1, 0.15) is 12.4 Å². The smallest absolute Gasteiger partial charge is 0.251 e. The standard InChI is InChI=1S/C18H20Cl2N2O2/c1-22(2)10-9-21-18(23)13-4-7-16(8-5-13)24-12-14-3-6-15(19)11-17(14)20/h3-8,11H,9-10,12H2,1-2H3,(H,21,23). The predicted octanol–water partition coefficient (Wildman–Crippen LogP) is 3.86. The molecule has 1 amide bonds. The van der Waals surface area contributed by atoms with Gasteiger partial charge in [-0.05, 0) is 50.5 Å². The maximum Gasteiger partial charge on any atom is 0.251 e. The van der Waals surface area contributed by atoms with Gasteiger partial charge in [-0.15, -0.1) is 0 Å². The summed E-state index contributed by atoms with van der Waals surface area (Å²) in [4.78, 5) is 14.0. The Balaban J connectivity index is 1.88. The lowest BCUT2D eigenvalue weighted by atomic mass is 10.2. The number of halogens is 2. The molecule has 1 N–H and O–H groups in total. The summed E-state index contributed by atoms with van der Waals surface area (Å²) < 4.78 is 5.69. The quantitative estimate of drug-likeness (QED) is 0.808. The van der Waals surface area contributed by atoms with Crippen LogP contribution in [0.2, 0.25) is 10.0 Å². The van der Waals surface area contributed by atoms with E-state index >= 15 is 0 Å². The van der Waals surface area contributed by atoms with Crippen LogP contribution in [0.1, 0.15) is 15.9 Å². The van der Waals surface area contributed by atoms with Crippen molar-refractivity contribution >= 4 is 29.1 Å². The highest BCUT2D eigenvalue weighted by Crippen LogP contribution is 2.22. The third kappa shape index (κ3) is 5.71. The highest BCUT2D eigenvalue weighted by Gasteiger charge is 2.06. The van der Waals surface area contributed by atoms with E-state index < -0.39 is 0 Å². The second-order valence-electron chi connectivity index (χ2n) is 5.61. The first kappa shape index (κ1) is 18.6. The fourth-order valence-electron chi connectivity index (χ4n) is 2.00. The summed E-state index contributed by atoms with van der Waals surface area (Å²) in [5.74, 6) is 0.579. The molecular formula is C18H20Cl2N2O2. The summed E-state index contributed by atoms with van der Waals surface area (Å²) in [6.07, 6.45) is 0. The molecule has 0 aliphatic rings. The van der Waals surface area contributed by atoms with Gasteiger partial charge in [-0.3, -0.25) is 4.79 Å². The number of rotatable bonds is 7. The van der Waals surface area contributed by atoms with Crippen molar-refractivity contribution in [1.82, 2.24) is 10.2 Å². The topological polar surface area (TPSA) is 41.6 Å². The van der Waals surface area contributed by atoms with E-state index in [0.717, 1.165) is 12.1 Å². The minimum Gasteiger partial charge on any atom is -0.489 e. The number of hydrogen-bond donors (Lipinski definition) is 1. The molecule has 0 saturated carbocycles. The van der Waals surface area contributed by atoms with Gasteiger partial charge in [-0.2, -0.15) is 0 Å². The van der Waals surface area contributed by atoms with Gasteiger partial charge in [0.25, 0.3) is 5.91 Å². The molecule has 0 atom stereocenters. The molecule has 0 heterocycles. The molecule has 0 aliphatic carbocycles. The van der Waals surface area contributed by atoms with Crippen molar-refractivity contribution in [2.75, 3.05) is 27.2 Å². The molecule has 6 heteroatoms. The monoisotopic (exact) mass is 366 g/mol. The van der Waals surface area contributed by atoms with Crippen molar-refractivity contribution < 1.29 is 9.53 Å². The second-order valence-corrected chi connectivity index (χ2v) is 6.45. The van der Waals surface area contributed by atoms with Gasteiger partial charge in [0.2, 0.25) is 0 Å². The molecule has 0 radical (unpaired) electrons. The highest BCUT2D eigenvalue weighted by atomic mass is 35.5. The number of hydrogen-bond acceptors (Lipinski definition) is 3. The molecule has 4 nitrogen and oxygen atoms in total. The Labute approximate surface area is 152 Å². The number of benzene rings is 2. The zero-order valence-electron chi connectivity index (χ0n) is 13.7. The number of amides is 1. The lowest BCUT2D eigenvalue weighted by Gasteiger charge is -2.11. The molecular weight excluding hydrogens is 347 g/mol. The van der Waals surface area contributed by atoms with Gasteiger partial charge in [0.05, 0.1) is 0 Å². The molecule has 0 bridgehead atoms. The van der Waals surface area contributed by atoms with Crippen LogP contribution in [0.5, 0.6) is 5.75 Å². The largest absolute Gasteiger partial charge is 0.489 e. The van der Waals surface area contributed by atoms with Crippen LogP contribution in [-0.2, 0) is 6.61 Å². The zero-order valence-corrected chi connectivity index (χ0v) is 15.2. The fraction of sp³-hybridized carbons (Fsp3) is 0.278. The van der Waals surface area contributed by atoms with E-state index in [-0.39, 0.29) is 5.91 Å². The summed E-state index contributed by atoms with van der Waals surface area (Å²) >= 11 is 12.0. The van der Waals surface area contributed by atoms with Gasteiger partial charge >= 0.3 is 0 Å². The van der Waals surface area contributed by atoms with Gasteiger partial charge in [-0.1, -0.05) is 29.3 Å². The third-order valence-electron chi connectivity index (χ3n) is 3.37. The SMILES string of the molecule is CN(C)CCNC(=O)c1ccc(OCc2ccc(Cl)cc2Cl)cc1. The van der Waals surface area contributed by atoms with Crippen LogP contribution in [0.4, 0.5) is 0 Å². The van der Waals surface area contributed by atoms with E-state index in [1.165, 1.54) is 0 Å². The first-order valence-corrected chi connectivity index (χ1v) is 8.31. The van der Waals surface area contributed by atoms with E-state index in [2.05, 4.69) is 5.32 Å². The zero-order chi connectivity index (χ0) is 17.5. The Morgan fingerprint density at radius 1 is 1.12 bits per heavy atom. The predicted molar refractivity (Wildman–Crippen MR) is 98.1 cm³/mol. The van der Waals surface area contributed by atoms with Crippen molar-refractivity contribution in [3.63, 3.8) is 0 Å². The van der Waals surface area contributed by atoms with E-state index in [4.69, 9.17) is 27.9 Å². The van der Waals surface area contributed by atoms with Crippen LogP contribution in [-0.4, -0.2) is 38.0 Å². The van der Waals surface area contributed by atoms with Crippen LogP contribution in [0.15, 0.2) is 42.5 Å². The lowest BCUT2D eigenvalue weighted by molar-refractivity contribution is 0.0951. The minimum atomic E-state index is -0.0934. The van der Waals surface area contributed by atoms with Crippen LogP contribution in [0.25, 0.3) is 0 Å². The summed E-state index contributed by atoms with van der Waals surface area (Å²) in [7, 11) is 3.93. The normalized spacial score (nSPS) is 10.7. The Hall–Kier alpha value is -1.75.